The van der Waals surface area contributed by atoms with Crippen molar-refractivity contribution in [3.05, 3.63) is 29.3 Å². The minimum atomic E-state index is -0.374. The molecule has 1 aromatic carbocycles. The minimum absolute atomic E-state index is 0.374. The Bertz CT molecular complexity index is 623. The normalized spacial score (nSPS) is 13.1. The zero-order valence-corrected chi connectivity index (χ0v) is 11.0. The summed E-state index contributed by atoms with van der Waals surface area (Å²) >= 11 is 1.29. The molecule has 0 atom stereocenters. The summed E-state index contributed by atoms with van der Waals surface area (Å²) in [7, 11) is 1.35. The number of thiazole rings is 1. The molecule has 0 radical (unpaired) electrons. The van der Waals surface area contributed by atoms with E-state index in [0.717, 1.165) is 16.3 Å². The number of aromatic nitrogens is 1. The topological polar surface area (TPSA) is 57.7 Å². The van der Waals surface area contributed by atoms with Crippen LogP contribution < -0.4 is 9.47 Å². The van der Waals surface area contributed by atoms with Crippen LogP contribution in [0, 0.1) is 0 Å². The zero-order chi connectivity index (χ0) is 13.2. The lowest BCUT2D eigenvalue weighted by molar-refractivity contribution is 0.0606. The highest BCUT2D eigenvalue weighted by atomic mass is 32.1. The molecular formula is C13H11NO4S. The van der Waals surface area contributed by atoms with Gasteiger partial charge in [0, 0.05) is 5.56 Å². The van der Waals surface area contributed by atoms with E-state index in [1.165, 1.54) is 24.6 Å². The van der Waals surface area contributed by atoms with Gasteiger partial charge in [-0.2, -0.15) is 0 Å². The highest BCUT2D eigenvalue weighted by Gasteiger charge is 2.15. The SMILES string of the molecule is COC(=O)c1cnc(-c2ccc3c(c2)OCCO3)s1. The third kappa shape index (κ3) is 2.26. The number of rotatable bonds is 2. The van der Waals surface area contributed by atoms with Crippen LogP contribution in [0.15, 0.2) is 24.4 Å². The Balaban J connectivity index is 1.93. The maximum atomic E-state index is 11.4. The van der Waals surface area contributed by atoms with E-state index in [1.807, 2.05) is 18.2 Å². The molecule has 0 amide bonds. The number of hydrogen-bond acceptors (Lipinski definition) is 6. The third-order valence-electron chi connectivity index (χ3n) is 2.68. The molecule has 19 heavy (non-hydrogen) atoms. The third-order valence-corrected chi connectivity index (χ3v) is 3.71. The molecule has 0 saturated heterocycles. The molecule has 2 aromatic rings. The number of benzene rings is 1. The van der Waals surface area contributed by atoms with Crippen molar-refractivity contribution in [3.8, 4) is 22.1 Å². The van der Waals surface area contributed by atoms with Gasteiger partial charge in [-0.25, -0.2) is 9.78 Å². The lowest BCUT2D eigenvalue weighted by Gasteiger charge is -2.18. The highest BCUT2D eigenvalue weighted by molar-refractivity contribution is 7.16. The van der Waals surface area contributed by atoms with Crippen molar-refractivity contribution in [2.24, 2.45) is 0 Å². The second-order valence-electron chi connectivity index (χ2n) is 3.88. The van der Waals surface area contributed by atoms with Crippen LogP contribution in [0.5, 0.6) is 11.5 Å². The Morgan fingerprint density at radius 1 is 1.32 bits per heavy atom. The van der Waals surface area contributed by atoms with Crippen LogP contribution in [0.3, 0.4) is 0 Å². The Kier molecular flexibility index (Phi) is 3.08. The van der Waals surface area contributed by atoms with Gasteiger partial charge in [-0.15, -0.1) is 11.3 Å². The molecule has 0 aliphatic carbocycles. The Morgan fingerprint density at radius 2 is 2.11 bits per heavy atom. The van der Waals surface area contributed by atoms with Gasteiger partial charge < -0.3 is 14.2 Å². The molecule has 0 bridgehead atoms. The van der Waals surface area contributed by atoms with Crippen molar-refractivity contribution in [2.75, 3.05) is 20.3 Å². The van der Waals surface area contributed by atoms with Crippen LogP contribution >= 0.6 is 11.3 Å². The molecular weight excluding hydrogens is 266 g/mol. The van der Waals surface area contributed by atoms with Crippen molar-refractivity contribution >= 4 is 17.3 Å². The Hall–Kier alpha value is -2.08. The van der Waals surface area contributed by atoms with E-state index in [0.29, 0.717) is 23.8 Å². The lowest BCUT2D eigenvalue weighted by Crippen LogP contribution is -2.15. The predicted octanol–water partition coefficient (Wildman–Crippen LogP) is 2.37. The first-order valence-electron chi connectivity index (χ1n) is 5.72. The fourth-order valence-corrected chi connectivity index (χ4v) is 2.61. The molecule has 1 aliphatic heterocycles. The van der Waals surface area contributed by atoms with Crippen LogP contribution in [0.25, 0.3) is 10.6 Å². The predicted molar refractivity (Wildman–Crippen MR) is 69.9 cm³/mol. The molecule has 98 valence electrons. The monoisotopic (exact) mass is 277 g/mol. The van der Waals surface area contributed by atoms with Gasteiger partial charge in [0.15, 0.2) is 11.5 Å². The van der Waals surface area contributed by atoms with E-state index < -0.39 is 0 Å². The Labute approximate surface area is 113 Å². The summed E-state index contributed by atoms with van der Waals surface area (Å²) in [5.74, 6) is 1.07. The first-order chi connectivity index (χ1) is 9.28. The molecule has 5 nitrogen and oxygen atoms in total. The number of nitrogens with zero attached hydrogens (tertiary/aromatic N) is 1. The van der Waals surface area contributed by atoms with Crippen LogP contribution in [0.1, 0.15) is 9.67 Å². The molecule has 0 saturated carbocycles. The first kappa shape index (κ1) is 12.0. The van der Waals surface area contributed by atoms with Gasteiger partial charge in [0.25, 0.3) is 0 Å². The summed E-state index contributed by atoms with van der Waals surface area (Å²) in [6.45, 7) is 1.11. The number of methoxy groups -OCH3 is 1. The second-order valence-corrected chi connectivity index (χ2v) is 4.91. The minimum Gasteiger partial charge on any atom is -0.486 e. The Morgan fingerprint density at radius 3 is 2.89 bits per heavy atom. The van der Waals surface area contributed by atoms with Gasteiger partial charge in [-0.3, -0.25) is 0 Å². The van der Waals surface area contributed by atoms with E-state index in [9.17, 15) is 4.79 Å². The van der Waals surface area contributed by atoms with Gasteiger partial charge >= 0.3 is 5.97 Å². The molecule has 3 rings (SSSR count). The van der Waals surface area contributed by atoms with E-state index in [1.54, 1.807) is 0 Å². The molecule has 2 heterocycles. The number of fused-ring (bicyclic) bond motifs is 1. The standard InChI is InChI=1S/C13H11NO4S/c1-16-13(15)11-7-14-12(19-11)8-2-3-9-10(6-8)18-5-4-17-9/h2-3,6-7H,4-5H2,1H3. The maximum absolute atomic E-state index is 11.4. The molecule has 0 spiro atoms. The van der Waals surface area contributed by atoms with Crippen LogP contribution in [0.2, 0.25) is 0 Å². The van der Waals surface area contributed by atoms with Gasteiger partial charge in [-0.1, -0.05) is 0 Å². The van der Waals surface area contributed by atoms with Crippen molar-refractivity contribution in [1.29, 1.82) is 0 Å². The molecule has 1 aliphatic rings. The molecule has 6 heteroatoms. The summed E-state index contributed by atoms with van der Waals surface area (Å²) in [5, 5.41) is 0.748. The smallest absolute Gasteiger partial charge is 0.349 e. The zero-order valence-electron chi connectivity index (χ0n) is 10.2. The van der Waals surface area contributed by atoms with Crippen molar-refractivity contribution in [3.63, 3.8) is 0 Å². The van der Waals surface area contributed by atoms with Crippen molar-refractivity contribution < 1.29 is 19.0 Å². The van der Waals surface area contributed by atoms with Crippen molar-refractivity contribution in [1.82, 2.24) is 4.98 Å². The van der Waals surface area contributed by atoms with Crippen LogP contribution in [-0.2, 0) is 4.74 Å². The lowest BCUT2D eigenvalue weighted by atomic mass is 10.2. The van der Waals surface area contributed by atoms with Gasteiger partial charge in [0.05, 0.1) is 13.3 Å². The average molecular weight is 277 g/mol. The van der Waals surface area contributed by atoms with Crippen LogP contribution in [-0.4, -0.2) is 31.3 Å². The maximum Gasteiger partial charge on any atom is 0.349 e. The molecule has 0 unspecified atom stereocenters. The summed E-state index contributed by atoms with van der Waals surface area (Å²) in [5.41, 5.74) is 0.893. The van der Waals surface area contributed by atoms with Gasteiger partial charge in [-0.05, 0) is 18.2 Å². The first-order valence-corrected chi connectivity index (χ1v) is 6.54. The second kappa shape index (κ2) is 4.89. The summed E-state index contributed by atoms with van der Waals surface area (Å²) in [6, 6.07) is 5.62. The fraction of sp³-hybridized carbons (Fsp3) is 0.231. The highest BCUT2D eigenvalue weighted by Crippen LogP contribution is 2.35. The van der Waals surface area contributed by atoms with Crippen molar-refractivity contribution in [2.45, 2.75) is 0 Å². The van der Waals surface area contributed by atoms with E-state index in [2.05, 4.69) is 9.72 Å². The average Bonchev–Trinajstić information content (AvgIpc) is 2.95. The van der Waals surface area contributed by atoms with E-state index >= 15 is 0 Å². The summed E-state index contributed by atoms with van der Waals surface area (Å²) < 4.78 is 15.6. The fourth-order valence-electron chi connectivity index (χ4n) is 1.78. The molecule has 1 aromatic heterocycles. The summed E-state index contributed by atoms with van der Waals surface area (Å²) in [6.07, 6.45) is 1.52. The number of hydrogen-bond donors (Lipinski definition) is 0. The molecule has 0 N–H and O–H groups in total. The van der Waals surface area contributed by atoms with E-state index in [4.69, 9.17) is 9.47 Å². The number of ether oxygens (including phenoxy) is 3. The van der Waals surface area contributed by atoms with E-state index in [-0.39, 0.29) is 5.97 Å². The van der Waals surface area contributed by atoms with Gasteiger partial charge in [0.1, 0.15) is 23.1 Å². The number of esters is 1. The summed E-state index contributed by atoms with van der Waals surface area (Å²) in [4.78, 5) is 16.1. The molecule has 0 fully saturated rings. The number of carbonyl (C=O) groups excluding carboxylic acids is 1. The number of carbonyl (C=O) groups is 1. The van der Waals surface area contributed by atoms with Crippen LogP contribution in [0.4, 0.5) is 0 Å². The quantitative estimate of drug-likeness (QED) is 0.789. The largest absolute Gasteiger partial charge is 0.486 e. The van der Waals surface area contributed by atoms with Gasteiger partial charge in [0.2, 0.25) is 0 Å².